The number of rotatable bonds is 7. The Bertz CT molecular complexity index is 802. The highest BCUT2D eigenvalue weighted by atomic mass is 32.2. The lowest BCUT2D eigenvalue weighted by atomic mass is 10.1. The summed E-state index contributed by atoms with van der Waals surface area (Å²) >= 11 is 0. The number of nitrogens with zero attached hydrogens (tertiary/aromatic N) is 3. The number of hydrogen-bond donors (Lipinski definition) is 0. The lowest BCUT2D eigenvalue weighted by Crippen LogP contribution is -2.30. The molecule has 1 aliphatic heterocycles. The highest BCUT2D eigenvalue weighted by Gasteiger charge is 2.33. The first kappa shape index (κ1) is 17.9. The average molecular weight is 365 g/mol. The van der Waals surface area contributed by atoms with E-state index in [4.69, 9.17) is 9.26 Å². The molecule has 0 radical (unpaired) electrons. The SMILES string of the molecule is CCCS(=O)(=O)N1CCC(c2noc(COc3ccc(C)cc3)n2)C1. The summed E-state index contributed by atoms with van der Waals surface area (Å²) < 4.78 is 36.7. The maximum absolute atomic E-state index is 12.1. The van der Waals surface area contributed by atoms with Crippen molar-refractivity contribution in [1.29, 1.82) is 0 Å². The molecular weight excluding hydrogens is 342 g/mol. The first-order chi connectivity index (χ1) is 12.0. The molecule has 1 aliphatic rings. The Kier molecular flexibility index (Phi) is 5.39. The lowest BCUT2D eigenvalue weighted by Gasteiger charge is -2.14. The molecular formula is C17H23N3O4S. The van der Waals surface area contributed by atoms with Gasteiger partial charge in [0.05, 0.1) is 5.75 Å². The zero-order chi connectivity index (χ0) is 17.9. The van der Waals surface area contributed by atoms with Gasteiger partial charge in [-0.3, -0.25) is 0 Å². The van der Waals surface area contributed by atoms with Crippen LogP contribution in [-0.4, -0.2) is 41.7 Å². The van der Waals surface area contributed by atoms with Crippen LogP contribution in [0, 0.1) is 6.92 Å². The van der Waals surface area contributed by atoms with Crippen LogP contribution in [0.4, 0.5) is 0 Å². The third kappa shape index (κ3) is 4.38. The zero-order valence-electron chi connectivity index (χ0n) is 14.5. The highest BCUT2D eigenvalue weighted by Crippen LogP contribution is 2.27. The number of aryl methyl sites for hydroxylation is 1. The summed E-state index contributed by atoms with van der Waals surface area (Å²) in [4.78, 5) is 4.36. The van der Waals surface area contributed by atoms with E-state index in [1.165, 1.54) is 4.31 Å². The van der Waals surface area contributed by atoms with Crippen LogP contribution in [0.3, 0.4) is 0 Å². The molecule has 1 aromatic carbocycles. The summed E-state index contributed by atoms with van der Waals surface area (Å²) in [7, 11) is -3.17. The molecule has 7 nitrogen and oxygen atoms in total. The Balaban J connectivity index is 1.57. The second-order valence-corrected chi connectivity index (χ2v) is 8.40. The molecule has 25 heavy (non-hydrogen) atoms. The molecule has 1 aromatic heterocycles. The van der Waals surface area contributed by atoms with Crippen LogP contribution in [0.1, 0.15) is 43.0 Å². The summed E-state index contributed by atoms with van der Waals surface area (Å²) in [5.41, 5.74) is 1.16. The Morgan fingerprint density at radius 1 is 1.32 bits per heavy atom. The van der Waals surface area contributed by atoms with E-state index in [1.54, 1.807) is 0 Å². The van der Waals surface area contributed by atoms with Crippen molar-refractivity contribution in [3.8, 4) is 5.75 Å². The molecule has 3 rings (SSSR count). The first-order valence-electron chi connectivity index (χ1n) is 8.47. The number of benzene rings is 1. The summed E-state index contributed by atoms with van der Waals surface area (Å²) in [5.74, 6) is 1.84. The van der Waals surface area contributed by atoms with Gasteiger partial charge in [0.25, 0.3) is 5.89 Å². The van der Waals surface area contributed by atoms with Gasteiger partial charge in [-0.05, 0) is 31.9 Å². The summed E-state index contributed by atoms with van der Waals surface area (Å²) in [6, 6.07) is 7.72. The predicted molar refractivity (Wildman–Crippen MR) is 92.8 cm³/mol. The number of sulfonamides is 1. The van der Waals surface area contributed by atoms with Crippen LogP contribution in [0.2, 0.25) is 0 Å². The minimum Gasteiger partial charge on any atom is -0.484 e. The van der Waals surface area contributed by atoms with E-state index >= 15 is 0 Å². The second kappa shape index (κ2) is 7.53. The molecule has 1 atom stereocenters. The molecule has 0 spiro atoms. The van der Waals surface area contributed by atoms with Gasteiger partial charge in [-0.15, -0.1) is 0 Å². The third-order valence-electron chi connectivity index (χ3n) is 4.24. The maximum atomic E-state index is 12.1. The highest BCUT2D eigenvalue weighted by molar-refractivity contribution is 7.89. The lowest BCUT2D eigenvalue weighted by molar-refractivity contribution is 0.242. The summed E-state index contributed by atoms with van der Waals surface area (Å²) in [6.45, 7) is 5.00. The van der Waals surface area contributed by atoms with Gasteiger partial charge in [-0.2, -0.15) is 4.98 Å². The van der Waals surface area contributed by atoms with Crippen molar-refractivity contribution in [2.24, 2.45) is 0 Å². The monoisotopic (exact) mass is 365 g/mol. The van der Waals surface area contributed by atoms with Gasteiger partial charge in [0.2, 0.25) is 10.0 Å². The van der Waals surface area contributed by atoms with Crippen LogP contribution in [0.15, 0.2) is 28.8 Å². The van der Waals surface area contributed by atoms with E-state index in [2.05, 4.69) is 10.1 Å². The van der Waals surface area contributed by atoms with Crippen molar-refractivity contribution < 1.29 is 17.7 Å². The fourth-order valence-corrected chi connectivity index (χ4v) is 4.42. The fraction of sp³-hybridized carbons (Fsp3) is 0.529. The molecule has 0 amide bonds. The molecule has 8 heteroatoms. The van der Waals surface area contributed by atoms with Crippen LogP contribution in [0.25, 0.3) is 0 Å². The summed E-state index contributed by atoms with van der Waals surface area (Å²) in [6.07, 6.45) is 1.33. The van der Waals surface area contributed by atoms with Crippen molar-refractivity contribution in [2.75, 3.05) is 18.8 Å². The van der Waals surface area contributed by atoms with Crippen LogP contribution >= 0.6 is 0 Å². The van der Waals surface area contributed by atoms with Gasteiger partial charge in [0.1, 0.15) is 5.75 Å². The average Bonchev–Trinajstić information content (AvgIpc) is 3.24. The van der Waals surface area contributed by atoms with E-state index in [1.807, 2.05) is 38.1 Å². The zero-order valence-corrected chi connectivity index (χ0v) is 15.3. The van der Waals surface area contributed by atoms with Crippen LogP contribution in [0.5, 0.6) is 5.75 Å². The molecule has 2 aromatic rings. The van der Waals surface area contributed by atoms with Gasteiger partial charge < -0.3 is 9.26 Å². The number of aromatic nitrogens is 2. The molecule has 0 N–H and O–H groups in total. The number of hydrogen-bond acceptors (Lipinski definition) is 6. The quantitative estimate of drug-likeness (QED) is 0.749. The van der Waals surface area contributed by atoms with Crippen molar-refractivity contribution >= 4 is 10.0 Å². The smallest absolute Gasteiger partial charge is 0.264 e. The Morgan fingerprint density at radius 2 is 2.08 bits per heavy atom. The predicted octanol–water partition coefficient (Wildman–Crippen LogP) is 2.49. The Labute approximate surface area is 148 Å². The van der Waals surface area contributed by atoms with E-state index in [0.29, 0.717) is 37.6 Å². The van der Waals surface area contributed by atoms with Gasteiger partial charge >= 0.3 is 0 Å². The minimum atomic E-state index is -3.17. The first-order valence-corrected chi connectivity index (χ1v) is 10.1. The number of ether oxygens (including phenoxy) is 1. The summed E-state index contributed by atoms with van der Waals surface area (Å²) in [5, 5.41) is 4.00. The fourth-order valence-electron chi connectivity index (χ4n) is 2.85. The normalized spacial score (nSPS) is 18.6. The largest absolute Gasteiger partial charge is 0.484 e. The Morgan fingerprint density at radius 3 is 2.80 bits per heavy atom. The topological polar surface area (TPSA) is 85.5 Å². The molecule has 136 valence electrons. The van der Waals surface area contributed by atoms with Crippen LogP contribution < -0.4 is 4.74 Å². The molecule has 0 aliphatic carbocycles. The maximum Gasteiger partial charge on any atom is 0.264 e. The van der Waals surface area contributed by atoms with Gasteiger partial charge in [-0.1, -0.05) is 29.8 Å². The van der Waals surface area contributed by atoms with Gasteiger partial charge in [0, 0.05) is 19.0 Å². The van der Waals surface area contributed by atoms with Crippen molar-refractivity contribution in [1.82, 2.24) is 14.4 Å². The third-order valence-corrected chi connectivity index (χ3v) is 6.28. The molecule has 0 saturated carbocycles. The second-order valence-electron chi connectivity index (χ2n) is 6.31. The Hall–Kier alpha value is -1.93. The van der Waals surface area contributed by atoms with E-state index in [-0.39, 0.29) is 18.3 Å². The minimum absolute atomic E-state index is 0.0245. The van der Waals surface area contributed by atoms with Crippen molar-refractivity contribution in [3.63, 3.8) is 0 Å². The standard InChI is InChI=1S/C17H23N3O4S/c1-3-10-25(21,22)20-9-8-14(11-20)17-18-16(24-19-17)12-23-15-6-4-13(2)5-7-15/h4-7,14H,3,8-12H2,1-2H3. The molecule has 1 fully saturated rings. The molecule has 1 unspecified atom stereocenters. The molecule has 0 bridgehead atoms. The van der Waals surface area contributed by atoms with E-state index < -0.39 is 10.0 Å². The van der Waals surface area contributed by atoms with Crippen LogP contribution in [-0.2, 0) is 16.6 Å². The molecule has 2 heterocycles. The van der Waals surface area contributed by atoms with Gasteiger partial charge in [0.15, 0.2) is 12.4 Å². The van der Waals surface area contributed by atoms with Crippen molar-refractivity contribution in [2.45, 2.75) is 39.2 Å². The van der Waals surface area contributed by atoms with E-state index in [9.17, 15) is 8.42 Å². The molecule has 1 saturated heterocycles. The van der Waals surface area contributed by atoms with Gasteiger partial charge in [-0.25, -0.2) is 12.7 Å². The van der Waals surface area contributed by atoms with Crippen molar-refractivity contribution in [3.05, 3.63) is 41.5 Å². The van der Waals surface area contributed by atoms with E-state index in [0.717, 1.165) is 11.3 Å².